The summed E-state index contributed by atoms with van der Waals surface area (Å²) in [4.78, 5) is 0. The number of ether oxygens (including phenoxy) is 1. The molecule has 0 spiro atoms. The molecule has 100 valence electrons. The molecule has 4 nitrogen and oxygen atoms in total. The maximum atomic E-state index is 11.5. The number of benzene rings is 1. The second-order valence-corrected chi connectivity index (χ2v) is 6.93. The molecular formula is C13H19NO3S. The number of rotatable bonds is 4. The third-order valence-corrected chi connectivity index (χ3v) is 5.32. The zero-order valence-corrected chi connectivity index (χ0v) is 11.5. The van der Waals surface area contributed by atoms with E-state index >= 15 is 0 Å². The summed E-state index contributed by atoms with van der Waals surface area (Å²) in [5.74, 6) is 1.57. The average molecular weight is 269 g/mol. The van der Waals surface area contributed by atoms with Crippen molar-refractivity contribution in [1.82, 2.24) is 5.32 Å². The van der Waals surface area contributed by atoms with Gasteiger partial charge in [0, 0.05) is 6.04 Å². The summed E-state index contributed by atoms with van der Waals surface area (Å²) in [5.41, 5.74) is 1.11. The summed E-state index contributed by atoms with van der Waals surface area (Å²) < 4.78 is 28.2. The van der Waals surface area contributed by atoms with E-state index in [0.29, 0.717) is 5.75 Å². The van der Waals surface area contributed by atoms with Crippen molar-refractivity contribution in [2.45, 2.75) is 12.5 Å². The maximum absolute atomic E-state index is 11.5. The number of methoxy groups -OCH3 is 1. The standard InChI is InChI=1S/C13H19NO3S/c1-14-13(11-7-8-18(15,16)9-11)10-3-5-12(17-2)6-4-10/h3-6,11,13-14H,7-9H2,1-2H3. The molecule has 18 heavy (non-hydrogen) atoms. The van der Waals surface area contributed by atoms with Crippen molar-refractivity contribution in [3.63, 3.8) is 0 Å². The number of sulfone groups is 1. The first-order valence-corrected chi connectivity index (χ1v) is 7.89. The van der Waals surface area contributed by atoms with E-state index in [1.165, 1.54) is 0 Å². The zero-order valence-electron chi connectivity index (χ0n) is 10.7. The van der Waals surface area contributed by atoms with Crippen LogP contribution < -0.4 is 10.1 Å². The van der Waals surface area contributed by atoms with Crippen molar-refractivity contribution in [3.05, 3.63) is 29.8 Å². The molecule has 1 fully saturated rings. The molecule has 0 amide bonds. The number of hydrogen-bond acceptors (Lipinski definition) is 4. The molecule has 2 rings (SSSR count). The van der Waals surface area contributed by atoms with Gasteiger partial charge in [-0.1, -0.05) is 12.1 Å². The summed E-state index contributed by atoms with van der Waals surface area (Å²) >= 11 is 0. The molecule has 2 unspecified atom stereocenters. The number of hydrogen-bond donors (Lipinski definition) is 1. The first-order valence-electron chi connectivity index (χ1n) is 6.07. The van der Waals surface area contributed by atoms with Crippen molar-refractivity contribution in [3.8, 4) is 5.75 Å². The van der Waals surface area contributed by atoms with Crippen molar-refractivity contribution in [1.29, 1.82) is 0 Å². The van der Waals surface area contributed by atoms with Crippen molar-refractivity contribution in [2.24, 2.45) is 5.92 Å². The quantitative estimate of drug-likeness (QED) is 0.897. The van der Waals surface area contributed by atoms with Gasteiger partial charge in [-0.25, -0.2) is 8.42 Å². The fraction of sp³-hybridized carbons (Fsp3) is 0.538. The van der Waals surface area contributed by atoms with Crippen LogP contribution in [0.5, 0.6) is 5.75 Å². The molecule has 1 N–H and O–H groups in total. The van der Waals surface area contributed by atoms with Crippen LogP contribution in [0.2, 0.25) is 0 Å². The third kappa shape index (κ3) is 2.84. The Morgan fingerprint density at radius 3 is 2.44 bits per heavy atom. The first-order chi connectivity index (χ1) is 8.55. The second-order valence-electron chi connectivity index (χ2n) is 4.70. The summed E-state index contributed by atoms with van der Waals surface area (Å²) in [5, 5.41) is 3.23. The molecule has 1 aliphatic rings. The van der Waals surface area contributed by atoms with Crippen LogP contribution in [0.15, 0.2) is 24.3 Å². The second kappa shape index (κ2) is 5.28. The molecule has 5 heteroatoms. The van der Waals surface area contributed by atoms with E-state index < -0.39 is 9.84 Å². The van der Waals surface area contributed by atoms with Gasteiger partial charge in [-0.15, -0.1) is 0 Å². The highest BCUT2D eigenvalue weighted by Crippen LogP contribution is 2.31. The molecule has 0 saturated carbocycles. The first kappa shape index (κ1) is 13.4. The van der Waals surface area contributed by atoms with E-state index in [0.717, 1.165) is 17.7 Å². The smallest absolute Gasteiger partial charge is 0.150 e. The van der Waals surface area contributed by atoms with Crippen LogP contribution in [0.3, 0.4) is 0 Å². The number of nitrogens with one attached hydrogen (secondary N) is 1. The van der Waals surface area contributed by atoms with Gasteiger partial charge in [0.05, 0.1) is 18.6 Å². The summed E-state index contributed by atoms with van der Waals surface area (Å²) in [6.45, 7) is 0. The van der Waals surface area contributed by atoms with Crippen LogP contribution in [-0.4, -0.2) is 34.1 Å². The lowest BCUT2D eigenvalue weighted by molar-refractivity contribution is 0.408. The Labute approximate surface area is 108 Å². The minimum Gasteiger partial charge on any atom is -0.497 e. The van der Waals surface area contributed by atoms with Crippen molar-refractivity contribution < 1.29 is 13.2 Å². The largest absolute Gasteiger partial charge is 0.497 e. The third-order valence-electron chi connectivity index (χ3n) is 3.52. The monoisotopic (exact) mass is 269 g/mol. The Morgan fingerprint density at radius 1 is 1.33 bits per heavy atom. The van der Waals surface area contributed by atoms with E-state index in [2.05, 4.69) is 5.32 Å². The van der Waals surface area contributed by atoms with Crippen LogP contribution >= 0.6 is 0 Å². The predicted octanol–water partition coefficient (Wildman–Crippen LogP) is 1.39. The molecular weight excluding hydrogens is 250 g/mol. The highest BCUT2D eigenvalue weighted by molar-refractivity contribution is 7.91. The minimum absolute atomic E-state index is 0.0909. The molecule has 0 radical (unpaired) electrons. The predicted molar refractivity (Wildman–Crippen MR) is 71.6 cm³/mol. The van der Waals surface area contributed by atoms with Crippen LogP contribution in [-0.2, 0) is 9.84 Å². The van der Waals surface area contributed by atoms with Crippen LogP contribution in [0, 0.1) is 5.92 Å². The fourth-order valence-electron chi connectivity index (χ4n) is 2.57. The lowest BCUT2D eigenvalue weighted by Crippen LogP contribution is -2.26. The van der Waals surface area contributed by atoms with Gasteiger partial charge in [-0.2, -0.15) is 0 Å². The van der Waals surface area contributed by atoms with Gasteiger partial charge in [0.1, 0.15) is 5.75 Å². The van der Waals surface area contributed by atoms with E-state index in [-0.39, 0.29) is 17.7 Å². The maximum Gasteiger partial charge on any atom is 0.150 e. The molecule has 0 bridgehead atoms. The fourth-order valence-corrected chi connectivity index (χ4v) is 4.41. The Morgan fingerprint density at radius 2 is 2.00 bits per heavy atom. The van der Waals surface area contributed by atoms with Gasteiger partial charge in [0.25, 0.3) is 0 Å². The van der Waals surface area contributed by atoms with E-state index in [4.69, 9.17) is 4.74 Å². The lowest BCUT2D eigenvalue weighted by Gasteiger charge is -2.22. The van der Waals surface area contributed by atoms with Gasteiger partial charge in [-0.3, -0.25) is 0 Å². The van der Waals surface area contributed by atoms with Crippen LogP contribution in [0.25, 0.3) is 0 Å². The molecule has 1 saturated heterocycles. The van der Waals surface area contributed by atoms with Gasteiger partial charge < -0.3 is 10.1 Å². The molecule has 0 aromatic heterocycles. The van der Waals surface area contributed by atoms with Crippen LogP contribution in [0.1, 0.15) is 18.0 Å². The van der Waals surface area contributed by atoms with E-state index in [1.807, 2.05) is 31.3 Å². The van der Waals surface area contributed by atoms with E-state index in [1.54, 1.807) is 7.11 Å². The normalized spacial score (nSPS) is 23.8. The Balaban J connectivity index is 2.18. The van der Waals surface area contributed by atoms with Crippen molar-refractivity contribution >= 4 is 9.84 Å². The molecule has 0 aliphatic carbocycles. The molecule has 2 atom stereocenters. The molecule has 1 aromatic carbocycles. The van der Waals surface area contributed by atoms with Gasteiger partial charge >= 0.3 is 0 Å². The summed E-state index contributed by atoms with van der Waals surface area (Å²) in [7, 11) is 0.672. The van der Waals surface area contributed by atoms with Gasteiger partial charge in [0.2, 0.25) is 0 Å². The van der Waals surface area contributed by atoms with Crippen LogP contribution in [0.4, 0.5) is 0 Å². The minimum atomic E-state index is -2.84. The SMILES string of the molecule is CNC(c1ccc(OC)cc1)C1CCS(=O)(=O)C1. The molecule has 1 heterocycles. The zero-order chi connectivity index (χ0) is 13.2. The highest BCUT2D eigenvalue weighted by Gasteiger charge is 2.33. The topological polar surface area (TPSA) is 55.4 Å². The Kier molecular flexibility index (Phi) is 3.92. The van der Waals surface area contributed by atoms with Gasteiger partial charge in [-0.05, 0) is 37.1 Å². The average Bonchev–Trinajstić information content (AvgIpc) is 2.71. The molecule has 1 aliphatic heterocycles. The Hall–Kier alpha value is -1.07. The Bertz CT molecular complexity index is 495. The lowest BCUT2D eigenvalue weighted by atomic mass is 9.92. The summed E-state index contributed by atoms with van der Waals surface area (Å²) in [6, 6.07) is 7.88. The van der Waals surface area contributed by atoms with E-state index in [9.17, 15) is 8.42 Å². The van der Waals surface area contributed by atoms with Crippen molar-refractivity contribution in [2.75, 3.05) is 25.7 Å². The van der Waals surface area contributed by atoms with Gasteiger partial charge in [0.15, 0.2) is 9.84 Å². The molecule has 1 aromatic rings. The summed E-state index contributed by atoms with van der Waals surface area (Å²) in [6.07, 6.45) is 0.736. The highest BCUT2D eigenvalue weighted by atomic mass is 32.2.